The lowest BCUT2D eigenvalue weighted by Crippen LogP contribution is -2.51. The van der Waals surface area contributed by atoms with Gasteiger partial charge in [0.25, 0.3) is 10.0 Å². The molecule has 220 valence electrons. The van der Waals surface area contributed by atoms with Gasteiger partial charge in [-0.15, -0.1) is 0 Å². The predicted molar refractivity (Wildman–Crippen MR) is 166 cm³/mol. The zero-order valence-electron chi connectivity index (χ0n) is 23.2. The van der Waals surface area contributed by atoms with Crippen molar-refractivity contribution in [3.8, 4) is 5.75 Å². The number of hydrogen-bond donors (Lipinski definition) is 1. The summed E-state index contributed by atoms with van der Waals surface area (Å²) in [6.45, 7) is 5.29. The Morgan fingerprint density at radius 1 is 1.02 bits per heavy atom. The highest BCUT2D eigenvalue weighted by Crippen LogP contribution is 2.31. The summed E-state index contributed by atoms with van der Waals surface area (Å²) in [5.74, 6) is -0.474. The summed E-state index contributed by atoms with van der Waals surface area (Å²) in [6, 6.07) is 15.2. The van der Waals surface area contributed by atoms with Gasteiger partial charge in [0.2, 0.25) is 11.8 Å². The number of hydrogen-bond acceptors (Lipinski definition) is 5. The van der Waals surface area contributed by atoms with Gasteiger partial charge in [-0.05, 0) is 84.2 Å². The fourth-order valence-corrected chi connectivity index (χ4v) is 6.44. The van der Waals surface area contributed by atoms with Crippen molar-refractivity contribution in [1.82, 2.24) is 10.2 Å². The third-order valence-electron chi connectivity index (χ3n) is 6.37. The molecule has 1 atom stereocenters. The van der Waals surface area contributed by atoms with E-state index in [0.29, 0.717) is 38.1 Å². The standard InChI is InChI=1S/C29H32BrCl2N3O5S/c1-5-14-33-29(37)20(3)34(17-21-8-12-25(31)26(32)15-21)28(36)18-35(22-9-6-19(2)7-10-22)41(38,39)23-11-13-27(40-4)24(30)16-23/h6-13,15-16,20H,5,14,17-18H2,1-4H3,(H,33,37)/t20-/m0/s1. The predicted octanol–water partition coefficient (Wildman–Crippen LogP) is 6.21. The first kappa shape index (κ1) is 32.7. The Labute approximate surface area is 259 Å². The molecule has 0 fully saturated rings. The lowest BCUT2D eigenvalue weighted by atomic mass is 10.1. The number of aryl methyl sites for hydroxylation is 1. The Balaban J connectivity index is 2.05. The van der Waals surface area contributed by atoms with Crippen LogP contribution in [0.5, 0.6) is 5.75 Å². The number of nitrogens with one attached hydrogen (secondary N) is 1. The van der Waals surface area contributed by atoms with Crippen LogP contribution in [0.2, 0.25) is 10.0 Å². The molecule has 2 amide bonds. The number of rotatable bonds is 12. The molecule has 0 radical (unpaired) electrons. The molecule has 0 saturated heterocycles. The van der Waals surface area contributed by atoms with E-state index in [9.17, 15) is 18.0 Å². The van der Waals surface area contributed by atoms with Gasteiger partial charge in [0.15, 0.2) is 0 Å². The van der Waals surface area contributed by atoms with E-state index >= 15 is 0 Å². The van der Waals surface area contributed by atoms with Crippen molar-refractivity contribution in [2.75, 3.05) is 24.5 Å². The summed E-state index contributed by atoms with van der Waals surface area (Å²) in [7, 11) is -2.75. The van der Waals surface area contributed by atoms with E-state index in [4.69, 9.17) is 27.9 Å². The van der Waals surface area contributed by atoms with Gasteiger partial charge in [-0.2, -0.15) is 0 Å². The van der Waals surface area contributed by atoms with E-state index in [2.05, 4.69) is 21.2 Å². The number of amides is 2. The average Bonchev–Trinajstić information content (AvgIpc) is 2.95. The van der Waals surface area contributed by atoms with Crippen LogP contribution in [0.15, 0.2) is 70.0 Å². The highest BCUT2D eigenvalue weighted by molar-refractivity contribution is 9.10. The largest absolute Gasteiger partial charge is 0.496 e. The summed E-state index contributed by atoms with van der Waals surface area (Å²) in [4.78, 5) is 28.2. The van der Waals surface area contributed by atoms with Gasteiger partial charge in [-0.1, -0.05) is 53.9 Å². The molecule has 0 aromatic heterocycles. The SMILES string of the molecule is CCCNC(=O)[C@H](C)N(Cc1ccc(Cl)c(Cl)c1)C(=O)CN(c1ccc(C)cc1)S(=O)(=O)c1ccc(OC)c(Br)c1. The van der Waals surface area contributed by atoms with E-state index in [-0.39, 0.29) is 17.3 Å². The fourth-order valence-electron chi connectivity index (χ4n) is 3.99. The summed E-state index contributed by atoms with van der Waals surface area (Å²) in [6.07, 6.45) is 0.718. The van der Waals surface area contributed by atoms with Crippen LogP contribution in [0.3, 0.4) is 0 Å². The van der Waals surface area contributed by atoms with Gasteiger partial charge < -0.3 is 15.0 Å². The molecule has 0 spiro atoms. The number of ether oxygens (including phenoxy) is 1. The first-order valence-electron chi connectivity index (χ1n) is 12.8. The van der Waals surface area contributed by atoms with E-state index in [0.717, 1.165) is 16.3 Å². The summed E-state index contributed by atoms with van der Waals surface area (Å²) in [5, 5.41) is 3.46. The van der Waals surface area contributed by atoms with Gasteiger partial charge in [0, 0.05) is 13.1 Å². The zero-order valence-corrected chi connectivity index (χ0v) is 27.1. The number of carbonyl (C=O) groups excluding carboxylic acids is 2. The van der Waals surface area contributed by atoms with Crippen LogP contribution in [0.1, 0.15) is 31.4 Å². The molecule has 3 aromatic carbocycles. The number of carbonyl (C=O) groups is 2. The van der Waals surface area contributed by atoms with E-state index < -0.39 is 28.5 Å². The van der Waals surface area contributed by atoms with Gasteiger partial charge >= 0.3 is 0 Å². The Bertz CT molecular complexity index is 1500. The minimum absolute atomic E-state index is 0.00625. The Morgan fingerprint density at radius 3 is 2.29 bits per heavy atom. The van der Waals surface area contributed by atoms with Crippen molar-refractivity contribution in [2.24, 2.45) is 0 Å². The average molecular weight is 685 g/mol. The molecular weight excluding hydrogens is 653 g/mol. The van der Waals surface area contributed by atoms with Crippen molar-refractivity contribution in [3.63, 3.8) is 0 Å². The second kappa shape index (κ2) is 14.4. The third kappa shape index (κ3) is 8.16. The third-order valence-corrected chi connectivity index (χ3v) is 9.49. The van der Waals surface area contributed by atoms with Crippen LogP contribution < -0.4 is 14.4 Å². The number of nitrogens with zero attached hydrogens (tertiary/aromatic N) is 2. The molecule has 0 saturated carbocycles. The smallest absolute Gasteiger partial charge is 0.264 e. The van der Waals surface area contributed by atoms with Gasteiger partial charge in [-0.25, -0.2) is 8.42 Å². The lowest BCUT2D eigenvalue weighted by Gasteiger charge is -2.32. The van der Waals surface area contributed by atoms with Crippen molar-refractivity contribution in [3.05, 3.63) is 86.3 Å². The monoisotopic (exact) mass is 683 g/mol. The van der Waals surface area contributed by atoms with Gasteiger partial charge in [0.1, 0.15) is 18.3 Å². The Hall–Kier alpha value is -2.79. The number of sulfonamides is 1. The molecule has 0 aliphatic rings. The first-order chi connectivity index (χ1) is 19.4. The van der Waals surface area contributed by atoms with Crippen molar-refractivity contribution in [1.29, 1.82) is 0 Å². The first-order valence-corrected chi connectivity index (χ1v) is 15.8. The molecular formula is C29H32BrCl2N3O5S. The minimum atomic E-state index is -4.23. The number of benzene rings is 3. The Morgan fingerprint density at radius 2 is 1.71 bits per heavy atom. The maximum Gasteiger partial charge on any atom is 0.264 e. The van der Waals surface area contributed by atoms with E-state index in [1.165, 1.54) is 30.2 Å². The van der Waals surface area contributed by atoms with Crippen molar-refractivity contribution >= 4 is 66.7 Å². The maximum atomic E-state index is 14.0. The highest BCUT2D eigenvalue weighted by atomic mass is 79.9. The molecule has 0 bridgehead atoms. The molecule has 0 aliphatic heterocycles. The van der Waals surface area contributed by atoms with Crippen LogP contribution in [0, 0.1) is 6.92 Å². The highest BCUT2D eigenvalue weighted by Gasteiger charge is 2.33. The maximum absolute atomic E-state index is 14.0. The van der Waals surface area contributed by atoms with Gasteiger partial charge in [-0.3, -0.25) is 13.9 Å². The normalized spacial score (nSPS) is 12.0. The van der Waals surface area contributed by atoms with Crippen LogP contribution in [0.4, 0.5) is 5.69 Å². The Kier molecular flexibility index (Phi) is 11.5. The topological polar surface area (TPSA) is 96.0 Å². The summed E-state index contributed by atoms with van der Waals surface area (Å²) in [5.41, 5.74) is 1.85. The number of anilines is 1. The van der Waals surface area contributed by atoms with Gasteiger partial charge in [0.05, 0.1) is 32.2 Å². The summed E-state index contributed by atoms with van der Waals surface area (Å²) >= 11 is 15.6. The van der Waals surface area contributed by atoms with E-state index in [1.54, 1.807) is 49.4 Å². The number of methoxy groups -OCH3 is 1. The van der Waals surface area contributed by atoms with Crippen LogP contribution in [0.25, 0.3) is 0 Å². The van der Waals surface area contributed by atoms with Crippen molar-refractivity contribution in [2.45, 2.75) is 44.7 Å². The lowest BCUT2D eigenvalue weighted by molar-refractivity contribution is -0.139. The quantitative estimate of drug-likeness (QED) is 0.245. The molecule has 8 nitrogen and oxygen atoms in total. The molecule has 41 heavy (non-hydrogen) atoms. The molecule has 3 aromatic rings. The molecule has 12 heteroatoms. The zero-order chi connectivity index (χ0) is 30.3. The summed E-state index contributed by atoms with van der Waals surface area (Å²) < 4.78 is 34.7. The molecule has 0 heterocycles. The fraction of sp³-hybridized carbons (Fsp3) is 0.310. The minimum Gasteiger partial charge on any atom is -0.496 e. The second-order valence-corrected chi connectivity index (χ2v) is 12.9. The molecule has 3 rings (SSSR count). The van der Waals surface area contributed by atoms with Crippen molar-refractivity contribution < 1.29 is 22.7 Å². The van der Waals surface area contributed by atoms with Crippen LogP contribution in [-0.2, 0) is 26.2 Å². The van der Waals surface area contributed by atoms with Crippen LogP contribution in [-0.4, -0.2) is 51.4 Å². The second-order valence-electron chi connectivity index (χ2n) is 9.38. The van der Waals surface area contributed by atoms with E-state index in [1.807, 2.05) is 13.8 Å². The molecule has 0 aliphatic carbocycles. The number of halogens is 3. The van der Waals surface area contributed by atoms with Crippen LogP contribution >= 0.6 is 39.1 Å². The molecule has 1 N–H and O–H groups in total. The molecule has 0 unspecified atom stereocenters.